The Morgan fingerprint density at radius 2 is 1.91 bits per heavy atom. The summed E-state index contributed by atoms with van der Waals surface area (Å²) in [6.07, 6.45) is 1.08. The normalized spacial score (nSPS) is 15.7. The number of likely N-dealkylation sites (tertiary alicyclic amines) is 1. The van der Waals surface area contributed by atoms with Crippen LogP contribution in [0.2, 0.25) is 0 Å². The van der Waals surface area contributed by atoms with Crippen molar-refractivity contribution in [2.45, 2.75) is 45.3 Å². The quantitative estimate of drug-likeness (QED) is 0.595. The zero-order valence-electron chi connectivity index (χ0n) is 18.9. The molecule has 1 aliphatic heterocycles. The molecule has 3 rings (SSSR count). The Kier molecular flexibility index (Phi) is 7.61. The number of nitrogens with two attached hydrogens (primary N) is 1. The number of thiophene rings is 1. The average Bonchev–Trinajstić information content (AvgIpc) is 3.14. The third-order valence-electron chi connectivity index (χ3n) is 4.71. The SMILES string of the molecule is CC(C)(C)OC(=O)N1CCC[C@H](NC(=O)c2sc(C#Cc3ccccc3)cc2NC(N)=O)C1. The summed E-state index contributed by atoms with van der Waals surface area (Å²) in [7, 11) is 0. The highest BCUT2D eigenvalue weighted by Crippen LogP contribution is 2.27. The molecule has 1 atom stereocenters. The summed E-state index contributed by atoms with van der Waals surface area (Å²) in [6.45, 7) is 6.38. The molecule has 0 bridgehead atoms. The third-order valence-corrected chi connectivity index (χ3v) is 5.76. The number of nitrogens with one attached hydrogen (secondary N) is 2. The zero-order valence-corrected chi connectivity index (χ0v) is 19.8. The molecule has 0 radical (unpaired) electrons. The van der Waals surface area contributed by atoms with Gasteiger partial charge in [-0.2, -0.15) is 0 Å². The van der Waals surface area contributed by atoms with Gasteiger partial charge in [-0.15, -0.1) is 11.3 Å². The van der Waals surface area contributed by atoms with E-state index in [1.165, 1.54) is 11.3 Å². The van der Waals surface area contributed by atoms with E-state index in [1.807, 2.05) is 51.1 Å². The summed E-state index contributed by atoms with van der Waals surface area (Å²) in [5.41, 5.74) is 5.84. The van der Waals surface area contributed by atoms with Gasteiger partial charge in [-0.3, -0.25) is 4.79 Å². The van der Waals surface area contributed by atoms with Gasteiger partial charge in [0, 0.05) is 24.7 Å². The fourth-order valence-electron chi connectivity index (χ4n) is 3.34. The lowest BCUT2D eigenvalue weighted by atomic mass is 10.1. The number of carbonyl (C=O) groups excluding carboxylic acids is 3. The van der Waals surface area contributed by atoms with Gasteiger partial charge in [-0.1, -0.05) is 30.0 Å². The first-order valence-corrected chi connectivity index (χ1v) is 11.5. The minimum Gasteiger partial charge on any atom is -0.444 e. The lowest BCUT2D eigenvalue weighted by Crippen LogP contribution is -2.50. The molecule has 1 aromatic heterocycles. The van der Waals surface area contributed by atoms with Crippen molar-refractivity contribution in [3.63, 3.8) is 0 Å². The van der Waals surface area contributed by atoms with Crippen LogP contribution in [0.4, 0.5) is 15.3 Å². The van der Waals surface area contributed by atoms with Gasteiger partial charge >= 0.3 is 12.1 Å². The number of hydrogen-bond acceptors (Lipinski definition) is 5. The van der Waals surface area contributed by atoms with Crippen molar-refractivity contribution in [2.24, 2.45) is 5.73 Å². The molecule has 0 saturated carbocycles. The summed E-state index contributed by atoms with van der Waals surface area (Å²) in [4.78, 5) is 39.4. The molecule has 1 saturated heterocycles. The van der Waals surface area contributed by atoms with Crippen LogP contribution in [0, 0.1) is 11.8 Å². The van der Waals surface area contributed by atoms with E-state index in [-0.39, 0.29) is 11.9 Å². The Morgan fingerprint density at radius 3 is 2.58 bits per heavy atom. The maximum atomic E-state index is 13.0. The van der Waals surface area contributed by atoms with Crippen molar-refractivity contribution < 1.29 is 19.1 Å². The molecular formula is C24H28N4O4S. The van der Waals surface area contributed by atoms with Crippen LogP contribution >= 0.6 is 11.3 Å². The van der Waals surface area contributed by atoms with Gasteiger partial charge in [0.05, 0.1) is 10.6 Å². The Hall–Kier alpha value is -3.51. The minimum absolute atomic E-state index is 0.235. The summed E-state index contributed by atoms with van der Waals surface area (Å²) < 4.78 is 5.44. The summed E-state index contributed by atoms with van der Waals surface area (Å²) >= 11 is 1.17. The fourth-order valence-corrected chi connectivity index (χ4v) is 4.21. The number of anilines is 1. The molecule has 0 aliphatic carbocycles. The molecule has 4 amide bonds. The summed E-state index contributed by atoms with van der Waals surface area (Å²) in [5, 5.41) is 5.46. The van der Waals surface area contributed by atoms with E-state index in [0.29, 0.717) is 28.5 Å². The zero-order chi connectivity index (χ0) is 24.0. The lowest BCUT2D eigenvalue weighted by molar-refractivity contribution is 0.0185. The van der Waals surface area contributed by atoms with E-state index in [0.717, 1.165) is 18.4 Å². The second-order valence-electron chi connectivity index (χ2n) is 8.70. The summed E-state index contributed by atoms with van der Waals surface area (Å²) in [5.74, 6) is 5.71. The lowest BCUT2D eigenvalue weighted by Gasteiger charge is -2.34. The topological polar surface area (TPSA) is 114 Å². The van der Waals surface area contributed by atoms with Crippen molar-refractivity contribution in [3.8, 4) is 11.8 Å². The average molecular weight is 469 g/mol. The Bertz CT molecular complexity index is 1080. The highest BCUT2D eigenvalue weighted by molar-refractivity contribution is 7.15. The number of urea groups is 1. The maximum Gasteiger partial charge on any atom is 0.410 e. The van der Waals surface area contributed by atoms with E-state index < -0.39 is 17.7 Å². The monoisotopic (exact) mass is 468 g/mol. The van der Waals surface area contributed by atoms with Gasteiger partial charge in [0.15, 0.2) is 0 Å². The van der Waals surface area contributed by atoms with E-state index in [4.69, 9.17) is 10.5 Å². The molecule has 8 nitrogen and oxygen atoms in total. The molecule has 4 N–H and O–H groups in total. The van der Waals surface area contributed by atoms with Crippen molar-refractivity contribution in [1.82, 2.24) is 10.2 Å². The smallest absolute Gasteiger partial charge is 0.410 e. The molecule has 33 heavy (non-hydrogen) atoms. The van der Waals surface area contributed by atoms with E-state index in [1.54, 1.807) is 11.0 Å². The van der Waals surface area contributed by atoms with Gasteiger partial charge in [0.25, 0.3) is 5.91 Å². The number of carbonyl (C=O) groups is 3. The molecule has 9 heteroatoms. The molecule has 1 fully saturated rings. The van der Waals surface area contributed by atoms with Crippen molar-refractivity contribution in [1.29, 1.82) is 0 Å². The molecule has 2 heterocycles. The Balaban J connectivity index is 1.73. The summed E-state index contributed by atoms with van der Waals surface area (Å²) in [6, 6.07) is 10.1. The van der Waals surface area contributed by atoms with Crippen LogP contribution in [0.3, 0.4) is 0 Å². The van der Waals surface area contributed by atoms with Gasteiger partial charge in [0.1, 0.15) is 10.5 Å². The first-order chi connectivity index (χ1) is 15.6. The number of piperidine rings is 1. The number of primary amides is 1. The van der Waals surface area contributed by atoms with Gasteiger partial charge < -0.3 is 26.0 Å². The fraction of sp³-hybridized carbons (Fsp3) is 0.375. The van der Waals surface area contributed by atoms with Crippen LogP contribution in [0.15, 0.2) is 36.4 Å². The molecule has 1 aliphatic rings. The molecule has 1 aromatic carbocycles. The highest BCUT2D eigenvalue weighted by Gasteiger charge is 2.29. The molecule has 0 unspecified atom stereocenters. The van der Waals surface area contributed by atoms with Crippen molar-refractivity contribution in [2.75, 3.05) is 18.4 Å². The number of ether oxygens (including phenoxy) is 1. The van der Waals surface area contributed by atoms with Crippen LogP contribution in [0.25, 0.3) is 0 Å². The third kappa shape index (κ3) is 7.26. The predicted molar refractivity (Wildman–Crippen MR) is 128 cm³/mol. The Labute approximate surface area is 197 Å². The van der Waals surface area contributed by atoms with Crippen molar-refractivity contribution >= 4 is 35.1 Å². The van der Waals surface area contributed by atoms with Crippen LogP contribution in [0.1, 0.15) is 53.7 Å². The molecule has 0 spiro atoms. The number of benzene rings is 1. The first-order valence-electron chi connectivity index (χ1n) is 10.7. The standard InChI is InChI=1S/C24H28N4O4S/c1-24(2,3)32-23(31)28-13-7-10-17(15-28)26-21(29)20-19(27-22(25)30)14-18(33-20)12-11-16-8-5-4-6-9-16/h4-6,8-9,14,17H,7,10,13,15H2,1-3H3,(H,26,29)(H3,25,27,30)/t17-/m0/s1. The molecule has 2 aromatic rings. The van der Waals surface area contributed by atoms with Crippen LogP contribution in [-0.2, 0) is 4.74 Å². The van der Waals surface area contributed by atoms with Crippen LogP contribution in [-0.4, -0.2) is 47.7 Å². The van der Waals surface area contributed by atoms with Crippen LogP contribution in [0.5, 0.6) is 0 Å². The van der Waals surface area contributed by atoms with E-state index in [9.17, 15) is 14.4 Å². The van der Waals surface area contributed by atoms with Gasteiger partial charge in [0.2, 0.25) is 0 Å². The second-order valence-corrected chi connectivity index (χ2v) is 9.75. The van der Waals surface area contributed by atoms with E-state index >= 15 is 0 Å². The van der Waals surface area contributed by atoms with Gasteiger partial charge in [-0.05, 0) is 51.8 Å². The first kappa shape index (κ1) is 24.1. The minimum atomic E-state index is -0.766. The molecule has 174 valence electrons. The number of hydrogen-bond donors (Lipinski definition) is 3. The van der Waals surface area contributed by atoms with Crippen molar-refractivity contribution in [3.05, 3.63) is 51.7 Å². The number of nitrogens with zero attached hydrogens (tertiary/aromatic N) is 1. The van der Waals surface area contributed by atoms with Crippen LogP contribution < -0.4 is 16.4 Å². The van der Waals surface area contributed by atoms with Gasteiger partial charge in [-0.25, -0.2) is 9.59 Å². The largest absolute Gasteiger partial charge is 0.444 e. The number of rotatable bonds is 3. The molecular weight excluding hydrogens is 440 g/mol. The Morgan fingerprint density at radius 1 is 1.18 bits per heavy atom. The maximum absolute atomic E-state index is 13.0. The van der Waals surface area contributed by atoms with E-state index in [2.05, 4.69) is 22.5 Å². The predicted octanol–water partition coefficient (Wildman–Crippen LogP) is 3.77. The highest BCUT2D eigenvalue weighted by atomic mass is 32.1. The number of amides is 4. The second kappa shape index (κ2) is 10.4.